The number of aliphatic hydroxyl groups is 1. The molecule has 2 heterocycles. The zero-order chi connectivity index (χ0) is 15.8. The molecule has 4 fully saturated rings. The molecule has 2 saturated heterocycles. The summed E-state index contributed by atoms with van der Waals surface area (Å²) in [6.07, 6.45) is 4.06. The fraction of sp³-hybridized carbons (Fsp3) is 0.941. The Bertz CT molecular complexity index is 499. The van der Waals surface area contributed by atoms with Gasteiger partial charge in [-0.2, -0.15) is 0 Å². The van der Waals surface area contributed by atoms with Gasteiger partial charge in [-0.3, -0.25) is 0 Å². The Hall–Kier alpha value is -0.490. The van der Waals surface area contributed by atoms with Crippen LogP contribution in [0.1, 0.15) is 46.5 Å². The van der Waals surface area contributed by atoms with Crippen molar-refractivity contribution in [1.29, 1.82) is 0 Å². The number of ether oxygens (including phenoxy) is 3. The predicted octanol–water partition coefficient (Wildman–Crippen LogP) is 1.66. The van der Waals surface area contributed by atoms with Crippen LogP contribution >= 0.6 is 0 Å². The van der Waals surface area contributed by atoms with E-state index in [2.05, 4.69) is 6.92 Å². The van der Waals surface area contributed by atoms with Crippen molar-refractivity contribution in [3.63, 3.8) is 0 Å². The third-order valence-corrected chi connectivity index (χ3v) is 6.71. The van der Waals surface area contributed by atoms with Crippen LogP contribution in [0.4, 0.5) is 0 Å². The van der Waals surface area contributed by atoms with Crippen molar-refractivity contribution in [1.82, 2.24) is 0 Å². The Morgan fingerprint density at radius 1 is 1.09 bits per heavy atom. The molecule has 2 aliphatic heterocycles. The minimum atomic E-state index is -0.990. The summed E-state index contributed by atoms with van der Waals surface area (Å²) in [5.41, 5.74) is -1.64. The van der Waals surface area contributed by atoms with Gasteiger partial charge in [-0.15, -0.1) is 0 Å². The zero-order valence-corrected chi connectivity index (χ0v) is 13.6. The van der Waals surface area contributed by atoms with Gasteiger partial charge < -0.3 is 24.1 Å². The van der Waals surface area contributed by atoms with Gasteiger partial charge in [-0.05, 0) is 45.4 Å². The highest BCUT2D eigenvalue weighted by molar-refractivity contribution is 5.60. The second-order valence-corrected chi connectivity index (χ2v) is 8.39. The molecule has 0 aromatic carbocycles. The maximum atomic E-state index is 11.7. The number of carbonyl (C=O) groups is 1. The molecule has 22 heavy (non-hydrogen) atoms. The first-order valence-corrected chi connectivity index (χ1v) is 8.39. The molecule has 0 aromatic heterocycles. The second kappa shape index (κ2) is 4.32. The standard InChI is InChI=1S/C17H26O5/c1-14(2)20-9-15(3)11-4-6-16(10-21-16)12(8-18)17(11,19)7-5-13(15)22-14/h8,11-13,19H,4-7,9-10H2,1-3H3/t11-,12-,13-,15+,16?,17+/m1/s1. The van der Waals surface area contributed by atoms with Gasteiger partial charge in [0.15, 0.2) is 5.79 Å². The summed E-state index contributed by atoms with van der Waals surface area (Å²) >= 11 is 0. The lowest BCUT2D eigenvalue weighted by atomic mass is 9.50. The minimum Gasteiger partial charge on any atom is -0.389 e. The highest BCUT2D eigenvalue weighted by atomic mass is 16.7. The Labute approximate surface area is 131 Å². The lowest BCUT2D eigenvalue weighted by Crippen LogP contribution is -2.68. The molecule has 5 heteroatoms. The number of fused-ring (bicyclic) bond motifs is 3. The molecule has 2 saturated carbocycles. The topological polar surface area (TPSA) is 68.3 Å². The summed E-state index contributed by atoms with van der Waals surface area (Å²) in [5.74, 6) is -0.981. The van der Waals surface area contributed by atoms with Gasteiger partial charge in [-0.1, -0.05) is 6.92 Å². The summed E-state index contributed by atoms with van der Waals surface area (Å²) < 4.78 is 17.7. The number of aldehydes is 1. The normalized spacial score (nSPS) is 56.1. The van der Waals surface area contributed by atoms with E-state index in [9.17, 15) is 9.90 Å². The van der Waals surface area contributed by atoms with Crippen LogP contribution in [0.15, 0.2) is 0 Å². The van der Waals surface area contributed by atoms with Gasteiger partial charge in [-0.25, -0.2) is 0 Å². The summed E-state index contributed by atoms with van der Waals surface area (Å²) in [7, 11) is 0. The van der Waals surface area contributed by atoms with Crippen LogP contribution in [0, 0.1) is 17.3 Å². The fourth-order valence-corrected chi connectivity index (χ4v) is 5.36. The average Bonchev–Trinajstić information content (AvgIpc) is 3.20. The van der Waals surface area contributed by atoms with Gasteiger partial charge in [0.25, 0.3) is 0 Å². The van der Waals surface area contributed by atoms with Gasteiger partial charge >= 0.3 is 0 Å². The molecule has 6 atom stereocenters. The number of hydrogen-bond donors (Lipinski definition) is 1. The number of rotatable bonds is 1. The lowest BCUT2D eigenvalue weighted by Gasteiger charge is -2.62. The summed E-state index contributed by atoms with van der Waals surface area (Å²) in [6.45, 7) is 7.20. The minimum absolute atomic E-state index is 0.0138. The Kier molecular flexibility index (Phi) is 2.96. The number of epoxide rings is 1. The Balaban J connectivity index is 1.69. The highest BCUT2D eigenvalue weighted by Crippen LogP contribution is 2.62. The average molecular weight is 310 g/mol. The number of hydrogen-bond acceptors (Lipinski definition) is 5. The number of carbonyl (C=O) groups excluding carboxylic acids is 1. The largest absolute Gasteiger partial charge is 0.389 e. The molecule has 1 unspecified atom stereocenters. The second-order valence-electron chi connectivity index (χ2n) is 8.39. The molecule has 4 aliphatic rings. The molecule has 124 valence electrons. The SMILES string of the molecule is CC1(C)OC[C@@]2(C)[C@H]3CCC4(CO4)[C@@H](C=O)[C@]3(O)CC[C@H]2O1. The molecule has 2 aliphatic carbocycles. The van der Waals surface area contributed by atoms with Gasteiger partial charge in [0.2, 0.25) is 0 Å². The van der Waals surface area contributed by atoms with Crippen LogP contribution in [-0.4, -0.2) is 47.7 Å². The summed E-state index contributed by atoms with van der Waals surface area (Å²) in [5, 5.41) is 11.4. The first kappa shape index (κ1) is 15.1. The molecule has 4 rings (SSSR count). The molecule has 1 N–H and O–H groups in total. The van der Waals surface area contributed by atoms with Crippen LogP contribution in [-0.2, 0) is 19.0 Å². The lowest BCUT2D eigenvalue weighted by molar-refractivity contribution is -0.352. The maximum absolute atomic E-state index is 11.7. The summed E-state index contributed by atoms with van der Waals surface area (Å²) in [6, 6.07) is 0. The van der Waals surface area contributed by atoms with E-state index in [0.717, 1.165) is 25.5 Å². The molecule has 0 bridgehead atoms. The molecule has 0 aromatic rings. The molecular formula is C17H26O5. The molecule has 0 amide bonds. The smallest absolute Gasteiger partial charge is 0.163 e. The van der Waals surface area contributed by atoms with Crippen LogP contribution in [0.3, 0.4) is 0 Å². The maximum Gasteiger partial charge on any atom is 0.163 e. The third kappa shape index (κ3) is 1.83. The zero-order valence-electron chi connectivity index (χ0n) is 13.6. The monoisotopic (exact) mass is 310 g/mol. The van der Waals surface area contributed by atoms with Crippen LogP contribution in [0.25, 0.3) is 0 Å². The fourth-order valence-electron chi connectivity index (χ4n) is 5.36. The van der Waals surface area contributed by atoms with E-state index < -0.39 is 22.9 Å². The van der Waals surface area contributed by atoms with Gasteiger partial charge in [0, 0.05) is 5.41 Å². The van der Waals surface area contributed by atoms with Gasteiger partial charge in [0.1, 0.15) is 11.9 Å². The van der Waals surface area contributed by atoms with Crippen molar-refractivity contribution in [2.24, 2.45) is 17.3 Å². The molecule has 0 radical (unpaired) electrons. The first-order valence-electron chi connectivity index (χ1n) is 8.39. The van der Waals surface area contributed by atoms with E-state index in [0.29, 0.717) is 19.6 Å². The molecule has 1 spiro atoms. The van der Waals surface area contributed by atoms with E-state index in [1.54, 1.807) is 0 Å². The highest BCUT2D eigenvalue weighted by Gasteiger charge is 2.70. The Morgan fingerprint density at radius 2 is 1.82 bits per heavy atom. The van der Waals surface area contributed by atoms with E-state index >= 15 is 0 Å². The van der Waals surface area contributed by atoms with Crippen LogP contribution < -0.4 is 0 Å². The van der Waals surface area contributed by atoms with E-state index in [1.165, 1.54) is 0 Å². The molecular weight excluding hydrogens is 284 g/mol. The van der Waals surface area contributed by atoms with Crippen molar-refractivity contribution in [2.75, 3.05) is 13.2 Å². The van der Waals surface area contributed by atoms with E-state index in [-0.39, 0.29) is 17.4 Å². The van der Waals surface area contributed by atoms with E-state index in [1.807, 2.05) is 13.8 Å². The van der Waals surface area contributed by atoms with Crippen molar-refractivity contribution in [2.45, 2.75) is 69.5 Å². The van der Waals surface area contributed by atoms with Crippen molar-refractivity contribution < 1.29 is 24.1 Å². The quantitative estimate of drug-likeness (QED) is 0.589. The van der Waals surface area contributed by atoms with Crippen LogP contribution in [0.5, 0.6) is 0 Å². The van der Waals surface area contributed by atoms with Gasteiger partial charge in [0.05, 0.1) is 30.8 Å². The van der Waals surface area contributed by atoms with Crippen molar-refractivity contribution in [3.05, 3.63) is 0 Å². The summed E-state index contributed by atoms with van der Waals surface area (Å²) in [4.78, 5) is 11.7. The Morgan fingerprint density at radius 3 is 2.45 bits per heavy atom. The predicted molar refractivity (Wildman–Crippen MR) is 78.2 cm³/mol. The molecule has 5 nitrogen and oxygen atoms in total. The van der Waals surface area contributed by atoms with Crippen molar-refractivity contribution in [3.8, 4) is 0 Å². The van der Waals surface area contributed by atoms with E-state index in [4.69, 9.17) is 14.2 Å². The first-order chi connectivity index (χ1) is 10.3. The van der Waals surface area contributed by atoms with Crippen LogP contribution in [0.2, 0.25) is 0 Å². The third-order valence-electron chi connectivity index (χ3n) is 6.71. The van der Waals surface area contributed by atoms with Crippen molar-refractivity contribution >= 4 is 6.29 Å².